The van der Waals surface area contributed by atoms with E-state index in [1.165, 1.54) is 12.1 Å². The fraction of sp³-hybridized carbons (Fsp3) is 0.0476. The van der Waals surface area contributed by atoms with Crippen LogP contribution in [0, 0.1) is 5.82 Å². The molecule has 1 amide bonds. The lowest BCUT2D eigenvalue weighted by Gasteiger charge is -2.07. The Labute approximate surface area is 160 Å². The van der Waals surface area contributed by atoms with Crippen molar-refractivity contribution in [2.24, 2.45) is 10.2 Å². The van der Waals surface area contributed by atoms with Gasteiger partial charge in [0, 0.05) is 5.69 Å². The van der Waals surface area contributed by atoms with E-state index in [0.29, 0.717) is 11.4 Å². The van der Waals surface area contributed by atoms with Crippen molar-refractivity contribution in [2.45, 2.75) is 0 Å². The fourth-order valence-corrected chi connectivity index (χ4v) is 2.22. The second kappa shape index (κ2) is 9.18. The number of carbonyl (C=O) groups excluding carboxylic acids is 2. The van der Waals surface area contributed by atoms with Gasteiger partial charge in [-0.2, -0.15) is 10.2 Å². The van der Waals surface area contributed by atoms with Gasteiger partial charge in [0.1, 0.15) is 5.82 Å². The van der Waals surface area contributed by atoms with E-state index in [0.717, 1.165) is 17.8 Å². The zero-order chi connectivity index (χ0) is 19.8. The third-order valence-corrected chi connectivity index (χ3v) is 3.60. The van der Waals surface area contributed by atoms with Gasteiger partial charge in [-0.3, -0.25) is 4.79 Å². The van der Waals surface area contributed by atoms with Crippen molar-refractivity contribution >= 4 is 28.9 Å². The number of esters is 1. The van der Waals surface area contributed by atoms with E-state index >= 15 is 0 Å². The van der Waals surface area contributed by atoms with Crippen LogP contribution in [-0.2, 0) is 9.53 Å². The van der Waals surface area contributed by atoms with E-state index in [2.05, 4.69) is 15.5 Å². The van der Waals surface area contributed by atoms with E-state index in [4.69, 9.17) is 4.74 Å². The molecule has 0 bridgehead atoms. The summed E-state index contributed by atoms with van der Waals surface area (Å²) in [6.45, 7) is -0.453. The molecule has 28 heavy (non-hydrogen) atoms. The van der Waals surface area contributed by atoms with Crippen molar-refractivity contribution in [1.82, 2.24) is 0 Å². The lowest BCUT2D eigenvalue weighted by atomic mass is 10.2. The van der Waals surface area contributed by atoms with Crippen molar-refractivity contribution in [3.8, 4) is 0 Å². The topological polar surface area (TPSA) is 80.1 Å². The summed E-state index contributed by atoms with van der Waals surface area (Å²) in [6, 6.07) is 20.9. The molecule has 0 aromatic heterocycles. The van der Waals surface area contributed by atoms with Gasteiger partial charge in [0.15, 0.2) is 6.61 Å². The number of carbonyl (C=O) groups is 2. The SMILES string of the molecule is O=C(COC(=O)c1ccc(F)cc1)Nc1ccc(N=Nc2ccccc2)cc1. The maximum atomic E-state index is 12.8. The highest BCUT2D eigenvalue weighted by Gasteiger charge is 2.10. The van der Waals surface area contributed by atoms with Crippen LogP contribution in [0.25, 0.3) is 0 Å². The lowest BCUT2D eigenvalue weighted by molar-refractivity contribution is -0.119. The summed E-state index contributed by atoms with van der Waals surface area (Å²) < 4.78 is 17.7. The molecule has 0 atom stereocenters. The molecule has 0 saturated heterocycles. The molecule has 3 aromatic carbocycles. The predicted octanol–water partition coefficient (Wildman–Crippen LogP) is 5.04. The molecule has 6 nitrogen and oxygen atoms in total. The summed E-state index contributed by atoms with van der Waals surface area (Å²) in [5.74, 6) is -1.65. The number of azo groups is 1. The number of hydrogen-bond acceptors (Lipinski definition) is 5. The highest BCUT2D eigenvalue weighted by atomic mass is 19.1. The Morgan fingerprint density at radius 3 is 2.07 bits per heavy atom. The zero-order valence-electron chi connectivity index (χ0n) is 14.7. The van der Waals surface area contributed by atoms with Crippen LogP contribution in [-0.4, -0.2) is 18.5 Å². The smallest absolute Gasteiger partial charge is 0.338 e. The molecular formula is C21H16FN3O3. The first kappa shape index (κ1) is 18.9. The molecule has 0 saturated carbocycles. The number of amides is 1. The second-order valence-electron chi connectivity index (χ2n) is 5.71. The fourth-order valence-electron chi connectivity index (χ4n) is 2.22. The van der Waals surface area contributed by atoms with E-state index in [1.807, 2.05) is 30.3 Å². The minimum absolute atomic E-state index is 0.169. The lowest BCUT2D eigenvalue weighted by Crippen LogP contribution is -2.20. The van der Waals surface area contributed by atoms with Crippen LogP contribution in [0.2, 0.25) is 0 Å². The molecule has 0 radical (unpaired) electrons. The first-order valence-electron chi connectivity index (χ1n) is 8.39. The van der Waals surface area contributed by atoms with Crippen LogP contribution in [0.15, 0.2) is 89.1 Å². The van der Waals surface area contributed by atoms with Crippen LogP contribution < -0.4 is 5.32 Å². The Hall–Kier alpha value is -3.87. The Balaban J connectivity index is 1.49. The van der Waals surface area contributed by atoms with Gasteiger partial charge >= 0.3 is 5.97 Å². The minimum Gasteiger partial charge on any atom is -0.452 e. The molecule has 0 spiro atoms. The average Bonchev–Trinajstić information content (AvgIpc) is 2.73. The molecule has 0 aliphatic rings. The average molecular weight is 377 g/mol. The number of hydrogen-bond donors (Lipinski definition) is 1. The molecule has 1 N–H and O–H groups in total. The monoisotopic (exact) mass is 377 g/mol. The van der Waals surface area contributed by atoms with Gasteiger partial charge in [-0.1, -0.05) is 18.2 Å². The largest absolute Gasteiger partial charge is 0.452 e. The number of nitrogens with zero attached hydrogens (tertiary/aromatic N) is 2. The maximum Gasteiger partial charge on any atom is 0.338 e. The van der Waals surface area contributed by atoms with Gasteiger partial charge < -0.3 is 10.1 Å². The summed E-state index contributed by atoms with van der Waals surface area (Å²) in [7, 11) is 0. The standard InChI is InChI=1S/C21H16FN3O3/c22-16-8-6-15(7-9-16)21(27)28-14-20(26)23-17-10-12-19(13-11-17)25-24-18-4-2-1-3-5-18/h1-13H,14H2,(H,23,26). The first-order valence-corrected chi connectivity index (χ1v) is 8.39. The molecular weight excluding hydrogens is 361 g/mol. The summed E-state index contributed by atoms with van der Waals surface area (Å²) in [6.07, 6.45) is 0. The summed E-state index contributed by atoms with van der Waals surface area (Å²) >= 11 is 0. The number of halogens is 1. The zero-order valence-corrected chi connectivity index (χ0v) is 14.7. The van der Waals surface area contributed by atoms with Crippen molar-refractivity contribution in [1.29, 1.82) is 0 Å². The number of anilines is 1. The van der Waals surface area contributed by atoms with Gasteiger partial charge in [-0.05, 0) is 60.7 Å². The van der Waals surface area contributed by atoms with Crippen molar-refractivity contribution in [3.05, 3.63) is 90.2 Å². The quantitative estimate of drug-likeness (QED) is 0.483. The molecule has 3 aromatic rings. The number of rotatable bonds is 6. The van der Waals surface area contributed by atoms with E-state index in [1.54, 1.807) is 24.3 Å². The highest BCUT2D eigenvalue weighted by molar-refractivity contribution is 5.95. The third-order valence-electron chi connectivity index (χ3n) is 3.60. The Kier molecular flexibility index (Phi) is 6.20. The second-order valence-corrected chi connectivity index (χ2v) is 5.71. The van der Waals surface area contributed by atoms with Gasteiger partial charge in [-0.25, -0.2) is 9.18 Å². The Morgan fingerprint density at radius 2 is 1.43 bits per heavy atom. The van der Waals surface area contributed by atoms with Gasteiger partial charge in [-0.15, -0.1) is 0 Å². The van der Waals surface area contributed by atoms with E-state index < -0.39 is 24.3 Å². The summed E-state index contributed by atoms with van der Waals surface area (Å²) in [5.41, 5.74) is 2.07. The van der Waals surface area contributed by atoms with Crippen LogP contribution in [0.5, 0.6) is 0 Å². The van der Waals surface area contributed by atoms with E-state index in [9.17, 15) is 14.0 Å². The number of ether oxygens (including phenoxy) is 1. The van der Waals surface area contributed by atoms with Crippen molar-refractivity contribution in [3.63, 3.8) is 0 Å². The number of benzene rings is 3. The predicted molar refractivity (Wildman–Crippen MR) is 102 cm³/mol. The molecule has 0 unspecified atom stereocenters. The third kappa shape index (κ3) is 5.57. The molecule has 0 aliphatic heterocycles. The number of nitrogens with one attached hydrogen (secondary N) is 1. The van der Waals surface area contributed by atoms with Crippen molar-refractivity contribution < 1.29 is 18.7 Å². The minimum atomic E-state index is -0.702. The molecule has 0 aliphatic carbocycles. The van der Waals surface area contributed by atoms with Gasteiger partial charge in [0.2, 0.25) is 0 Å². The normalized spacial score (nSPS) is 10.6. The van der Waals surface area contributed by atoms with Gasteiger partial charge in [0.25, 0.3) is 5.91 Å². The van der Waals surface area contributed by atoms with Crippen molar-refractivity contribution in [2.75, 3.05) is 11.9 Å². The molecule has 140 valence electrons. The Morgan fingerprint density at radius 1 is 0.821 bits per heavy atom. The molecule has 0 heterocycles. The van der Waals surface area contributed by atoms with Crippen LogP contribution in [0.1, 0.15) is 10.4 Å². The summed E-state index contributed by atoms with van der Waals surface area (Å²) in [4.78, 5) is 23.7. The highest BCUT2D eigenvalue weighted by Crippen LogP contribution is 2.20. The Bertz CT molecular complexity index is 972. The van der Waals surface area contributed by atoms with Crippen LogP contribution in [0.3, 0.4) is 0 Å². The maximum absolute atomic E-state index is 12.8. The first-order chi connectivity index (χ1) is 13.6. The molecule has 3 rings (SSSR count). The molecule has 7 heteroatoms. The molecule has 0 fully saturated rings. The van der Waals surface area contributed by atoms with Crippen LogP contribution in [0.4, 0.5) is 21.5 Å². The van der Waals surface area contributed by atoms with E-state index in [-0.39, 0.29) is 5.56 Å². The summed E-state index contributed by atoms with van der Waals surface area (Å²) in [5, 5.41) is 10.8. The van der Waals surface area contributed by atoms with Gasteiger partial charge in [0.05, 0.1) is 16.9 Å². The van der Waals surface area contributed by atoms with Crippen LogP contribution >= 0.6 is 0 Å².